The molecule has 150 valence electrons. The van der Waals surface area contributed by atoms with Gasteiger partial charge in [0.2, 0.25) is 5.91 Å². The number of carbonyl (C=O) groups excluding carboxylic acids is 1. The lowest BCUT2D eigenvalue weighted by molar-refractivity contribution is -0.131. The van der Waals surface area contributed by atoms with Crippen molar-refractivity contribution in [1.29, 1.82) is 0 Å². The van der Waals surface area contributed by atoms with Gasteiger partial charge in [-0.3, -0.25) is 4.79 Å². The molecule has 1 aliphatic rings. The maximum Gasteiger partial charge on any atom is 0.261 e. The van der Waals surface area contributed by atoms with E-state index < -0.39 is 0 Å². The molecule has 1 aliphatic heterocycles. The maximum atomic E-state index is 13.1. The number of hydrogen-bond donors (Lipinski definition) is 0. The number of para-hydroxylation sites is 1. The van der Waals surface area contributed by atoms with Crippen LogP contribution in [0.4, 0.5) is 4.39 Å². The molecule has 0 N–H and O–H groups in total. The highest BCUT2D eigenvalue weighted by atomic mass is 19.1. The number of methoxy groups -OCH3 is 1. The lowest BCUT2D eigenvalue weighted by Gasteiger charge is -2.31. The summed E-state index contributed by atoms with van der Waals surface area (Å²) in [4.78, 5) is 19.1. The first-order valence-electron chi connectivity index (χ1n) is 9.63. The summed E-state index contributed by atoms with van der Waals surface area (Å²) in [6.45, 7) is 1.25. The van der Waals surface area contributed by atoms with Crippen LogP contribution in [0.15, 0.2) is 53.1 Å². The standard InChI is InChI=1S/C22H22FN3O3/c1-28-19-7-3-2-6-18(19)22-24-21(25-29-22)16-5-4-12-26(14-16)20(27)13-15-8-10-17(23)11-9-15/h2-3,6-11,16H,4-5,12-14H2,1H3. The predicted octanol–water partition coefficient (Wildman–Crippen LogP) is 3.83. The average molecular weight is 395 g/mol. The van der Waals surface area contributed by atoms with Crippen LogP contribution in [0.1, 0.15) is 30.1 Å². The molecular formula is C22H22FN3O3. The Morgan fingerprint density at radius 2 is 2.03 bits per heavy atom. The van der Waals surface area contributed by atoms with Crippen molar-refractivity contribution >= 4 is 5.91 Å². The fourth-order valence-electron chi connectivity index (χ4n) is 3.63. The highest BCUT2D eigenvalue weighted by molar-refractivity contribution is 5.79. The highest BCUT2D eigenvalue weighted by Gasteiger charge is 2.28. The van der Waals surface area contributed by atoms with E-state index in [9.17, 15) is 9.18 Å². The zero-order valence-corrected chi connectivity index (χ0v) is 16.2. The predicted molar refractivity (Wildman–Crippen MR) is 105 cm³/mol. The van der Waals surface area contributed by atoms with Gasteiger partial charge < -0.3 is 14.2 Å². The Labute approximate surface area is 168 Å². The SMILES string of the molecule is COc1ccccc1-c1nc(C2CCCN(C(=O)Cc3ccc(F)cc3)C2)no1. The molecule has 0 saturated carbocycles. The Morgan fingerprint density at radius 1 is 1.24 bits per heavy atom. The molecule has 29 heavy (non-hydrogen) atoms. The molecular weight excluding hydrogens is 373 g/mol. The van der Waals surface area contributed by atoms with Gasteiger partial charge >= 0.3 is 0 Å². The summed E-state index contributed by atoms with van der Waals surface area (Å²) in [6.07, 6.45) is 2.02. The lowest BCUT2D eigenvalue weighted by atomic mass is 9.96. The van der Waals surface area contributed by atoms with Crippen LogP contribution < -0.4 is 4.74 Å². The Morgan fingerprint density at radius 3 is 2.83 bits per heavy atom. The maximum absolute atomic E-state index is 13.1. The van der Waals surface area contributed by atoms with E-state index in [2.05, 4.69) is 10.1 Å². The van der Waals surface area contributed by atoms with E-state index in [1.165, 1.54) is 12.1 Å². The van der Waals surface area contributed by atoms with Crippen LogP contribution in [0.2, 0.25) is 0 Å². The second kappa shape index (κ2) is 8.43. The smallest absolute Gasteiger partial charge is 0.261 e. The van der Waals surface area contributed by atoms with Gasteiger partial charge in [0, 0.05) is 19.0 Å². The van der Waals surface area contributed by atoms with Crippen molar-refractivity contribution in [2.45, 2.75) is 25.2 Å². The molecule has 6 nitrogen and oxygen atoms in total. The van der Waals surface area contributed by atoms with Crippen molar-refractivity contribution in [2.75, 3.05) is 20.2 Å². The number of likely N-dealkylation sites (tertiary alicyclic amines) is 1. The Kier molecular flexibility index (Phi) is 5.55. The fourth-order valence-corrected chi connectivity index (χ4v) is 3.63. The summed E-state index contributed by atoms with van der Waals surface area (Å²) in [5.41, 5.74) is 1.55. The van der Waals surface area contributed by atoms with Crippen LogP contribution in [-0.4, -0.2) is 41.1 Å². The molecule has 0 spiro atoms. The van der Waals surface area contributed by atoms with Crippen LogP contribution in [0.3, 0.4) is 0 Å². The first-order valence-corrected chi connectivity index (χ1v) is 9.63. The van der Waals surface area contributed by atoms with E-state index in [1.807, 2.05) is 29.2 Å². The second-order valence-corrected chi connectivity index (χ2v) is 7.14. The van der Waals surface area contributed by atoms with Gasteiger partial charge in [0.25, 0.3) is 5.89 Å². The van der Waals surface area contributed by atoms with Gasteiger partial charge in [-0.15, -0.1) is 0 Å². The van der Waals surface area contributed by atoms with E-state index in [-0.39, 0.29) is 24.1 Å². The normalized spacial score (nSPS) is 16.6. The zero-order chi connectivity index (χ0) is 20.2. The number of halogens is 1. The number of hydrogen-bond acceptors (Lipinski definition) is 5. The molecule has 0 radical (unpaired) electrons. The molecule has 4 rings (SSSR count). The van der Waals surface area contributed by atoms with Gasteiger partial charge in [-0.25, -0.2) is 4.39 Å². The van der Waals surface area contributed by atoms with Crippen molar-refractivity contribution in [3.05, 3.63) is 65.7 Å². The van der Waals surface area contributed by atoms with Gasteiger partial charge in [-0.2, -0.15) is 4.98 Å². The van der Waals surface area contributed by atoms with Crippen LogP contribution >= 0.6 is 0 Å². The first-order chi connectivity index (χ1) is 14.1. The van der Waals surface area contributed by atoms with Crippen LogP contribution in [0.25, 0.3) is 11.5 Å². The van der Waals surface area contributed by atoms with Crippen LogP contribution in [-0.2, 0) is 11.2 Å². The monoisotopic (exact) mass is 395 g/mol. The second-order valence-electron chi connectivity index (χ2n) is 7.14. The quantitative estimate of drug-likeness (QED) is 0.657. The minimum atomic E-state index is -0.304. The van der Waals surface area contributed by atoms with Gasteiger partial charge in [0.1, 0.15) is 11.6 Å². The third-order valence-corrected chi connectivity index (χ3v) is 5.19. The summed E-state index contributed by atoms with van der Waals surface area (Å²) in [5.74, 6) is 1.42. The summed E-state index contributed by atoms with van der Waals surface area (Å²) in [6, 6.07) is 13.5. The molecule has 1 amide bonds. The van der Waals surface area contributed by atoms with Gasteiger partial charge in [-0.1, -0.05) is 29.4 Å². The van der Waals surface area contributed by atoms with Gasteiger partial charge in [-0.05, 0) is 42.7 Å². The third kappa shape index (κ3) is 4.29. The van der Waals surface area contributed by atoms with Gasteiger partial charge in [0.15, 0.2) is 5.82 Å². The zero-order valence-electron chi connectivity index (χ0n) is 16.2. The molecule has 1 saturated heterocycles. The molecule has 0 aliphatic carbocycles. The van der Waals surface area contributed by atoms with E-state index in [0.29, 0.717) is 30.6 Å². The molecule has 2 heterocycles. The molecule has 2 aromatic carbocycles. The molecule has 7 heteroatoms. The molecule has 3 aromatic rings. The van der Waals surface area contributed by atoms with E-state index >= 15 is 0 Å². The number of carbonyl (C=O) groups is 1. The lowest BCUT2D eigenvalue weighted by Crippen LogP contribution is -2.40. The number of amides is 1. The summed E-state index contributed by atoms with van der Waals surface area (Å²) in [7, 11) is 1.60. The summed E-state index contributed by atoms with van der Waals surface area (Å²) < 4.78 is 23.9. The minimum Gasteiger partial charge on any atom is -0.496 e. The minimum absolute atomic E-state index is 0.0214. The summed E-state index contributed by atoms with van der Waals surface area (Å²) in [5, 5.41) is 4.16. The largest absolute Gasteiger partial charge is 0.496 e. The van der Waals surface area contributed by atoms with E-state index in [1.54, 1.807) is 19.2 Å². The number of ether oxygens (including phenoxy) is 1. The van der Waals surface area contributed by atoms with Crippen LogP contribution in [0.5, 0.6) is 5.75 Å². The molecule has 0 bridgehead atoms. The number of benzene rings is 2. The number of aromatic nitrogens is 2. The highest BCUT2D eigenvalue weighted by Crippen LogP contribution is 2.31. The molecule has 1 aromatic heterocycles. The first kappa shape index (κ1) is 19.1. The van der Waals surface area contributed by atoms with Crippen LogP contribution in [0, 0.1) is 5.82 Å². The number of rotatable bonds is 5. The molecule has 1 unspecified atom stereocenters. The Balaban J connectivity index is 1.45. The number of piperidine rings is 1. The Bertz CT molecular complexity index is 987. The Hall–Kier alpha value is -3.22. The van der Waals surface area contributed by atoms with Crippen molar-refractivity contribution < 1.29 is 18.4 Å². The fraction of sp³-hybridized carbons (Fsp3) is 0.318. The van der Waals surface area contributed by atoms with Crippen molar-refractivity contribution in [1.82, 2.24) is 15.0 Å². The third-order valence-electron chi connectivity index (χ3n) is 5.19. The van der Waals surface area contributed by atoms with E-state index in [4.69, 9.17) is 9.26 Å². The van der Waals surface area contributed by atoms with Crippen molar-refractivity contribution in [3.8, 4) is 17.2 Å². The van der Waals surface area contributed by atoms with Crippen molar-refractivity contribution in [2.24, 2.45) is 0 Å². The topological polar surface area (TPSA) is 68.5 Å². The summed E-state index contributed by atoms with van der Waals surface area (Å²) >= 11 is 0. The van der Waals surface area contributed by atoms with Crippen molar-refractivity contribution in [3.63, 3.8) is 0 Å². The average Bonchev–Trinajstić information content (AvgIpc) is 3.25. The molecule has 1 atom stereocenters. The number of nitrogens with zero attached hydrogens (tertiary/aromatic N) is 3. The molecule has 1 fully saturated rings. The van der Waals surface area contributed by atoms with Gasteiger partial charge in [0.05, 0.1) is 19.1 Å². The van der Waals surface area contributed by atoms with E-state index in [0.717, 1.165) is 24.0 Å².